The largest absolute Gasteiger partial charge is 0.655 e. The van der Waals surface area contributed by atoms with E-state index in [9.17, 15) is 5.21 Å². The fraction of sp³-hybridized carbons (Fsp3) is 0.125. The van der Waals surface area contributed by atoms with Gasteiger partial charge in [-0.1, -0.05) is 30.3 Å². The number of nitrogens with zero attached hydrogens (tertiary/aromatic N) is 1. The molecule has 2 nitrogen and oxygen atoms in total. The molecule has 3 heteroatoms. The molecule has 0 aromatic heterocycles. The van der Waals surface area contributed by atoms with E-state index in [2.05, 4.69) is 0 Å². The van der Waals surface area contributed by atoms with Crippen LogP contribution in [0.1, 0.15) is 5.56 Å². The molecule has 0 aliphatic heterocycles. The average molecular weight is 275 g/mol. The summed E-state index contributed by atoms with van der Waals surface area (Å²) in [6, 6.07) is 9.36. The topological polar surface area (TPSA) is 26.1 Å². The minimum Gasteiger partial charge on any atom is -0.655 e. The van der Waals surface area contributed by atoms with Crippen LogP contribution in [0.5, 0.6) is 0 Å². The monoisotopic (exact) mass is 275 g/mol. The molecule has 11 heavy (non-hydrogen) atoms. The molecular weight excluding hydrogens is 267 g/mol. The van der Waals surface area contributed by atoms with Gasteiger partial charge in [0.1, 0.15) is 6.54 Å². The Kier molecular flexibility index (Phi) is 5.70. The van der Waals surface area contributed by atoms with Crippen LogP contribution in [0.15, 0.2) is 30.3 Å². The molecule has 0 N–H and O–H groups in total. The minimum atomic E-state index is 0. The first-order valence-electron chi connectivity index (χ1n) is 3.02. The molecule has 0 amide bonds. The molecule has 0 aliphatic rings. The maximum Gasteiger partial charge on any atom is 0.145 e. The van der Waals surface area contributed by atoms with E-state index in [-0.39, 0.29) is 47.8 Å². The van der Waals surface area contributed by atoms with Crippen LogP contribution in [0.2, 0.25) is 0 Å². The minimum absolute atomic E-state index is 0. The predicted molar refractivity (Wildman–Crippen MR) is 39.8 cm³/mol. The molecule has 0 heterocycles. The van der Waals surface area contributed by atoms with Crippen LogP contribution in [0.4, 0.5) is 0 Å². The van der Waals surface area contributed by atoms with Gasteiger partial charge in [-0.3, -0.25) is 0 Å². The predicted octanol–water partition coefficient (Wildman–Crippen LogP) is 1.27. The molecule has 1 aromatic rings. The number of rotatable bonds is 2. The Balaban J connectivity index is 0.000001000. The van der Waals surface area contributed by atoms with E-state index in [0.717, 1.165) is 5.56 Å². The summed E-state index contributed by atoms with van der Waals surface area (Å²) in [7, 11) is 0. The molecule has 0 saturated heterocycles. The number of hydrogen-bond donors (Lipinski definition) is 0. The van der Waals surface area contributed by atoms with Crippen molar-refractivity contribution in [3.63, 3.8) is 0 Å². The Morgan fingerprint density at radius 2 is 1.82 bits per heavy atom. The second-order valence-corrected chi connectivity index (χ2v) is 2.06. The first-order valence-corrected chi connectivity index (χ1v) is 3.02. The number of hydrogen-bond acceptors (Lipinski definition) is 1. The summed E-state index contributed by atoms with van der Waals surface area (Å²) in [5, 5.41) is 10.3. The van der Waals surface area contributed by atoms with Crippen molar-refractivity contribution in [2.75, 3.05) is 0 Å². The van der Waals surface area contributed by atoms with Crippen LogP contribution in [-0.4, -0.2) is 11.5 Å². The summed E-state index contributed by atoms with van der Waals surface area (Å²) in [6.07, 6.45) is 0. The van der Waals surface area contributed by atoms with Crippen molar-refractivity contribution in [3.8, 4) is 0 Å². The molecule has 55 valence electrons. The molecule has 0 unspecified atom stereocenters. The molecule has 0 fully saturated rings. The zero-order valence-corrected chi connectivity index (χ0v) is 9.81. The van der Waals surface area contributed by atoms with Gasteiger partial charge in [0.15, 0.2) is 0 Å². The van der Waals surface area contributed by atoms with E-state index in [1.165, 1.54) is 0 Å². The van der Waals surface area contributed by atoms with E-state index in [1.807, 2.05) is 30.3 Å². The quantitative estimate of drug-likeness (QED) is 0.262. The van der Waals surface area contributed by atoms with Crippen LogP contribution in [0, 0.1) is 46.5 Å². The Labute approximate surface area is 99.5 Å². The standard InChI is InChI=1S/C8H8NO.Pr/c1-9(10)7-8-5-3-2-4-6-8;/h1-6H,7H2;/q-1;. The van der Waals surface area contributed by atoms with Crippen molar-refractivity contribution in [3.05, 3.63) is 41.1 Å². The van der Waals surface area contributed by atoms with Gasteiger partial charge in [0.25, 0.3) is 0 Å². The van der Waals surface area contributed by atoms with E-state index in [4.69, 9.17) is 6.72 Å². The van der Waals surface area contributed by atoms with Crippen LogP contribution in [0.25, 0.3) is 0 Å². The van der Waals surface area contributed by atoms with Crippen molar-refractivity contribution < 1.29 is 46.0 Å². The summed E-state index contributed by atoms with van der Waals surface area (Å²) in [6.45, 7) is 5.15. The molecule has 0 spiro atoms. The van der Waals surface area contributed by atoms with Gasteiger partial charge in [-0.15, -0.1) is 0 Å². The molecule has 0 saturated carbocycles. The summed E-state index contributed by atoms with van der Waals surface area (Å²) >= 11 is 0. The van der Waals surface area contributed by atoms with Crippen LogP contribution < -0.4 is 0 Å². The van der Waals surface area contributed by atoms with Gasteiger partial charge < -0.3 is 9.95 Å². The van der Waals surface area contributed by atoms with Crippen molar-refractivity contribution >= 4 is 6.72 Å². The fourth-order valence-electron chi connectivity index (χ4n) is 0.763. The van der Waals surface area contributed by atoms with Crippen molar-refractivity contribution in [2.45, 2.75) is 6.54 Å². The Hall–Kier alpha value is 0.0536. The summed E-state index contributed by atoms with van der Waals surface area (Å²) in [4.78, 5) is 0. The van der Waals surface area contributed by atoms with E-state index >= 15 is 0 Å². The van der Waals surface area contributed by atoms with E-state index in [1.54, 1.807) is 0 Å². The third-order valence-corrected chi connectivity index (χ3v) is 1.18. The van der Waals surface area contributed by atoms with Crippen LogP contribution in [0.3, 0.4) is 0 Å². The third kappa shape index (κ3) is 4.49. The third-order valence-electron chi connectivity index (χ3n) is 1.18. The Bertz CT molecular complexity index is 223. The van der Waals surface area contributed by atoms with Gasteiger partial charge in [0, 0.05) is 46.9 Å². The van der Waals surface area contributed by atoms with Gasteiger partial charge in [-0.2, -0.15) is 0 Å². The van der Waals surface area contributed by atoms with Gasteiger partial charge in [0.05, 0.1) is 0 Å². The molecular formula is C8H8NOPr-. The van der Waals surface area contributed by atoms with E-state index < -0.39 is 0 Å². The second kappa shape index (κ2) is 5.67. The molecule has 0 atom stereocenters. The first-order chi connectivity index (χ1) is 4.79. The first kappa shape index (κ1) is 11.1. The zero-order chi connectivity index (χ0) is 7.40. The van der Waals surface area contributed by atoms with Crippen LogP contribution in [-0.2, 0) is 6.54 Å². The number of hydroxylamine groups is 1. The van der Waals surface area contributed by atoms with Gasteiger partial charge in [-0.05, 0) is 0 Å². The van der Waals surface area contributed by atoms with E-state index in [0.29, 0.717) is 4.74 Å². The molecule has 1 aromatic carbocycles. The van der Waals surface area contributed by atoms with Gasteiger partial charge in [-0.25, -0.2) is 6.72 Å². The van der Waals surface area contributed by atoms with Crippen molar-refractivity contribution in [2.24, 2.45) is 0 Å². The smallest absolute Gasteiger partial charge is 0.145 e. The SMILES string of the molecule is [CH-]=[N+]([O-])Cc1ccccc1.[Pr]. The summed E-state index contributed by atoms with van der Waals surface area (Å²) in [5.41, 5.74) is 0.931. The maximum absolute atomic E-state index is 10.3. The van der Waals surface area contributed by atoms with Crippen molar-refractivity contribution in [1.82, 2.24) is 0 Å². The Morgan fingerprint density at radius 1 is 1.27 bits per heavy atom. The second-order valence-electron chi connectivity index (χ2n) is 2.06. The Morgan fingerprint density at radius 3 is 2.27 bits per heavy atom. The molecule has 1 rings (SSSR count). The summed E-state index contributed by atoms with van der Waals surface area (Å²) < 4.78 is 0.412. The zero-order valence-electron chi connectivity index (χ0n) is 6.10. The van der Waals surface area contributed by atoms with Gasteiger partial charge in [0.2, 0.25) is 0 Å². The summed E-state index contributed by atoms with van der Waals surface area (Å²) in [5.74, 6) is 0. The number of benzene rings is 1. The molecule has 0 bridgehead atoms. The van der Waals surface area contributed by atoms with Gasteiger partial charge >= 0.3 is 0 Å². The normalized spacial score (nSPS) is 8.36. The maximum atomic E-state index is 10.3. The van der Waals surface area contributed by atoms with Crippen molar-refractivity contribution in [1.29, 1.82) is 0 Å². The average Bonchev–Trinajstić information content (AvgIpc) is 1.88. The fourth-order valence-corrected chi connectivity index (χ4v) is 0.763. The van der Waals surface area contributed by atoms with Crippen LogP contribution >= 0.6 is 0 Å². The molecule has 1 radical (unpaired) electrons. The molecule has 0 aliphatic carbocycles.